The van der Waals surface area contributed by atoms with Crippen molar-refractivity contribution >= 4 is 5.91 Å². The van der Waals surface area contributed by atoms with Gasteiger partial charge in [0.05, 0.1) is 6.61 Å². The Morgan fingerprint density at radius 2 is 2.00 bits per heavy atom. The molecule has 1 heterocycles. The summed E-state index contributed by atoms with van der Waals surface area (Å²) in [6, 6.07) is 10.9. The van der Waals surface area contributed by atoms with Crippen molar-refractivity contribution in [2.45, 2.75) is 19.7 Å². The van der Waals surface area contributed by atoms with Crippen molar-refractivity contribution in [1.82, 2.24) is 10.3 Å². The number of nitrogens with two attached hydrogens (primary N) is 1. The number of pyridine rings is 1. The number of aliphatic hydroxyl groups excluding tert-OH is 1. The molecule has 0 aliphatic carbocycles. The van der Waals surface area contributed by atoms with Gasteiger partial charge in [-0.15, -0.1) is 0 Å². The van der Waals surface area contributed by atoms with Crippen LogP contribution in [0.1, 0.15) is 27.2 Å². The number of carbonyl (C=O) groups excluding carboxylic acids is 1. The third-order valence-electron chi connectivity index (χ3n) is 2.92. The first-order valence-electron chi connectivity index (χ1n) is 6.35. The van der Waals surface area contributed by atoms with Crippen molar-refractivity contribution < 1.29 is 9.90 Å². The first-order valence-corrected chi connectivity index (χ1v) is 6.35. The summed E-state index contributed by atoms with van der Waals surface area (Å²) in [4.78, 5) is 16.0. The number of hydrogen-bond acceptors (Lipinski definition) is 4. The van der Waals surface area contributed by atoms with Crippen LogP contribution in [-0.4, -0.2) is 16.0 Å². The molecule has 0 unspecified atom stereocenters. The van der Waals surface area contributed by atoms with Crippen molar-refractivity contribution in [2.75, 3.05) is 0 Å². The van der Waals surface area contributed by atoms with Crippen LogP contribution in [-0.2, 0) is 19.7 Å². The van der Waals surface area contributed by atoms with Gasteiger partial charge >= 0.3 is 0 Å². The Kier molecular flexibility index (Phi) is 4.81. The number of rotatable bonds is 5. The summed E-state index contributed by atoms with van der Waals surface area (Å²) in [6.45, 7) is 0.791. The van der Waals surface area contributed by atoms with Gasteiger partial charge in [-0.25, -0.2) is 0 Å². The van der Waals surface area contributed by atoms with Gasteiger partial charge in [0.15, 0.2) is 0 Å². The Hall–Kier alpha value is -2.24. The van der Waals surface area contributed by atoms with Gasteiger partial charge in [0, 0.05) is 19.3 Å². The van der Waals surface area contributed by atoms with Crippen molar-refractivity contribution in [3.8, 4) is 0 Å². The van der Waals surface area contributed by atoms with Gasteiger partial charge in [0.25, 0.3) is 5.91 Å². The molecule has 1 aromatic heterocycles. The zero-order chi connectivity index (χ0) is 14.4. The Morgan fingerprint density at radius 1 is 1.20 bits per heavy atom. The monoisotopic (exact) mass is 271 g/mol. The molecule has 0 fully saturated rings. The topological polar surface area (TPSA) is 88.2 Å². The Balaban J connectivity index is 1.97. The number of hydrogen-bond donors (Lipinski definition) is 3. The van der Waals surface area contributed by atoms with Crippen molar-refractivity contribution in [3.63, 3.8) is 0 Å². The molecule has 0 saturated heterocycles. The lowest BCUT2D eigenvalue weighted by Gasteiger charge is -2.06. The number of carbonyl (C=O) groups is 1. The second-order valence-electron chi connectivity index (χ2n) is 4.42. The fraction of sp³-hybridized carbons (Fsp3) is 0.200. The molecule has 0 aliphatic heterocycles. The molecular weight excluding hydrogens is 254 g/mol. The van der Waals surface area contributed by atoms with E-state index in [4.69, 9.17) is 10.8 Å². The zero-order valence-electron chi connectivity index (χ0n) is 11.0. The summed E-state index contributed by atoms with van der Waals surface area (Å²) < 4.78 is 0. The molecule has 1 amide bonds. The third-order valence-corrected chi connectivity index (χ3v) is 2.92. The van der Waals surface area contributed by atoms with Crippen LogP contribution in [0, 0.1) is 0 Å². The molecule has 20 heavy (non-hydrogen) atoms. The minimum Gasteiger partial charge on any atom is -0.392 e. The molecule has 5 heteroatoms. The van der Waals surface area contributed by atoms with Crippen LogP contribution < -0.4 is 11.1 Å². The Morgan fingerprint density at radius 3 is 2.65 bits per heavy atom. The summed E-state index contributed by atoms with van der Waals surface area (Å²) in [5.41, 5.74) is 8.48. The number of nitrogens with zero attached hydrogens (tertiary/aromatic N) is 1. The number of aromatic nitrogens is 1. The molecule has 104 valence electrons. The maximum absolute atomic E-state index is 11.9. The second-order valence-corrected chi connectivity index (χ2v) is 4.42. The lowest BCUT2D eigenvalue weighted by molar-refractivity contribution is 0.0946. The maximum atomic E-state index is 11.9. The quantitative estimate of drug-likeness (QED) is 0.756. The van der Waals surface area contributed by atoms with Gasteiger partial charge in [-0.1, -0.05) is 30.3 Å². The Labute approximate surface area is 117 Å². The zero-order valence-corrected chi connectivity index (χ0v) is 11.0. The van der Waals surface area contributed by atoms with E-state index in [0.717, 1.165) is 16.7 Å². The molecule has 0 radical (unpaired) electrons. The molecule has 1 aromatic carbocycles. The molecule has 0 bridgehead atoms. The standard InChI is InChI=1S/C15H17N3O2/c16-7-13-4-5-14(17-9-13)15(20)18-8-11-2-1-3-12(6-11)10-19/h1-6,9,19H,7-8,10,16H2,(H,18,20). The number of nitrogens with one attached hydrogen (secondary N) is 1. The van der Waals surface area contributed by atoms with Gasteiger partial charge in [-0.2, -0.15) is 0 Å². The van der Waals surface area contributed by atoms with E-state index < -0.39 is 0 Å². The smallest absolute Gasteiger partial charge is 0.270 e. The molecule has 0 atom stereocenters. The summed E-state index contributed by atoms with van der Waals surface area (Å²) >= 11 is 0. The van der Waals surface area contributed by atoms with Crippen LogP contribution in [0.4, 0.5) is 0 Å². The van der Waals surface area contributed by atoms with E-state index in [2.05, 4.69) is 10.3 Å². The number of amides is 1. The molecule has 4 N–H and O–H groups in total. The highest BCUT2D eigenvalue weighted by Crippen LogP contribution is 2.05. The highest BCUT2D eigenvalue weighted by atomic mass is 16.3. The van der Waals surface area contributed by atoms with Crippen molar-refractivity contribution in [2.24, 2.45) is 5.73 Å². The van der Waals surface area contributed by atoms with Gasteiger partial charge in [-0.05, 0) is 22.8 Å². The molecule has 0 saturated carbocycles. The first kappa shape index (κ1) is 14.2. The normalized spacial score (nSPS) is 10.3. The van der Waals surface area contributed by atoms with Crippen LogP contribution >= 0.6 is 0 Å². The number of benzene rings is 1. The van der Waals surface area contributed by atoms with Gasteiger partial charge in [0.2, 0.25) is 0 Å². The molecule has 0 aliphatic rings. The summed E-state index contributed by atoms with van der Waals surface area (Å²) in [5.74, 6) is -0.233. The van der Waals surface area contributed by atoms with Gasteiger partial charge < -0.3 is 16.2 Å². The average molecular weight is 271 g/mol. The molecule has 5 nitrogen and oxygen atoms in total. The molecule has 0 spiro atoms. The predicted molar refractivity (Wildman–Crippen MR) is 75.7 cm³/mol. The van der Waals surface area contributed by atoms with Crippen molar-refractivity contribution in [1.29, 1.82) is 0 Å². The van der Waals surface area contributed by atoms with Crippen LogP contribution in [0.15, 0.2) is 42.6 Å². The largest absolute Gasteiger partial charge is 0.392 e. The van der Waals surface area contributed by atoms with E-state index in [9.17, 15) is 4.79 Å². The second kappa shape index (κ2) is 6.79. The molecule has 2 aromatic rings. The minimum absolute atomic E-state index is 0.0100. The van der Waals surface area contributed by atoms with E-state index in [-0.39, 0.29) is 12.5 Å². The summed E-state index contributed by atoms with van der Waals surface area (Å²) in [6.07, 6.45) is 1.60. The van der Waals surface area contributed by atoms with Crippen LogP contribution in [0.25, 0.3) is 0 Å². The molecular formula is C15H17N3O2. The van der Waals surface area contributed by atoms with Gasteiger partial charge in [-0.3, -0.25) is 9.78 Å². The Bertz CT molecular complexity index is 582. The van der Waals surface area contributed by atoms with E-state index in [1.165, 1.54) is 0 Å². The SMILES string of the molecule is NCc1ccc(C(=O)NCc2cccc(CO)c2)nc1. The van der Waals surface area contributed by atoms with Crippen molar-refractivity contribution in [3.05, 3.63) is 65.0 Å². The first-order chi connectivity index (χ1) is 9.72. The lowest BCUT2D eigenvalue weighted by Crippen LogP contribution is -2.23. The highest BCUT2D eigenvalue weighted by molar-refractivity contribution is 5.92. The number of aliphatic hydroxyl groups is 1. The van der Waals surface area contributed by atoms with E-state index in [1.54, 1.807) is 18.3 Å². The fourth-order valence-electron chi connectivity index (χ4n) is 1.79. The van der Waals surface area contributed by atoms with E-state index in [1.807, 2.05) is 24.3 Å². The summed E-state index contributed by atoms with van der Waals surface area (Å²) in [7, 11) is 0. The van der Waals surface area contributed by atoms with Crippen LogP contribution in [0.5, 0.6) is 0 Å². The summed E-state index contributed by atoms with van der Waals surface area (Å²) in [5, 5.41) is 11.8. The predicted octanol–water partition coefficient (Wildman–Crippen LogP) is 0.963. The maximum Gasteiger partial charge on any atom is 0.270 e. The van der Waals surface area contributed by atoms with Gasteiger partial charge in [0.1, 0.15) is 5.69 Å². The highest BCUT2D eigenvalue weighted by Gasteiger charge is 2.06. The molecule has 2 rings (SSSR count). The van der Waals surface area contributed by atoms with E-state index in [0.29, 0.717) is 18.8 Å². The van der Waals surface area contributed by atoms with Crippen LogP contribution in [0.3, 0.4) is 0 Å². The average Bonchev–Trinajstić information content (AvgIpc) is 2.53. The minimum atomic E-state index is -0.233. The lowest BCUT2D eigenvalue weighted by atomic mass is 10.1. The fourth-order valence-corrected chi connectivity index (χ4v) is 1.79. The third kappa shape index (κ3) is 3.63. The van der Waals surface area contributed by atoms with Crippen LogP contribution in [0.2, 0.25) is 0 Å². The van der Waals surface area contributed by atoms with E-state index >= 15 is 0 Å².